The van der Waals surface area contributed by atoms with E-state index in [1.807, 2.05) is 54.6 Å². The minimum Gasteiger partial charge on any atom is -0.489 e. The molecule has 1 saturated heterocycles. The van der Waals surface area contributed by atoms with E-state index in [0.717, 1.165) is 11.1 Å². The first-order valence-electron chi connectivity index (χ1n) is 8.78. The van der Waals surface area contributed by atoms with Gasteiger partial charge < -0.3 is 20.1 Å². The summed E-state index contributed by atoms with van der Waals surface area (Å²) >= 11 is 5.27. The predicted molar refractivity (Wildman–Crippen MR) is 108 cm³/mol. The molecule has 2 N–H and O–H groups in total. The first-order chi connectivity index (χ1) is 13.1. The van der Waals surface area contributed by atoms with Crippen LogP contribution >= 0.6 is 12.2 Å². The number of esters is 1. The molecular formula is C21H22N2O3S. The van der Waals surface area contributed by atoms with Crippen molar-refractivity contribution in [2.75, 3.05) is 6.61 Å². The van der Waals surface area contributed by atoms with E-state index < -0.39 is 12.0 Å². The van der Waals surface area contributed by atoms with Crippen LogP contribution in [0.2, 0.25) is 0 Å². The van der Waals surface area contributed by atoms with Gasteiger partial charge in [-0.05, 0) is 30.8 Å². The summed E-state index contributed by atoms with van der Waals surface area (Å²) in [6, 6.07) is 17.1. The number of carbonyl (C=O) groups is 1. The molecule has 1 aliphatic rings. The highest BCUT2D eigenvalue weighted by molar-refractivity contribution is 7.80. The maximum atomic E-state index is 12.5. The van der Waals surface area contributed by atoms with Crippen LogP contribution in [0.5, 0.6) is 5.75 Å². The summed E-state index contributed by atoms with van der Waals surface area (Å²) in [5.41, 5.74) is 2.41. The Balaban J connectivity index is 1.89. The molecule has 2 aromatic rings. The third-order valence-electron chi connectivity index (χ3n) is 4.30. The summed E-state index contributed by atoms with van der Waals surface area (Å²) in [6.07, 6.45) is 0. The third-order valence-corrected chi connectivity index (χ3v) is 4.52. The number of hydrogen-bond donors (Lipinski definition) is 2. The lowest BCUT2D eigenvalue weighted by Crippen LogP contribution is -2.51. The van der Waals surface area contributed by atoms with E-state index in [9.17, 15) is 4.79 Å². The van der Waals surface area contributed by atoms with Gasteiger partial charge in [0, 0.05) is 11.3 Å². The quantitative estimate of drug-likeness (QED) is 0.589. The number of rotatable bonds is 6. The number of hydrogen-bond acceptors (Lipinski definition) is 4. The van der Waals surface area contributed by atoms with Crippen LogP contribution in [0, 0.1) is 5.92 Å². The lowest BCUT2D eigenvalue weighted by molar-refractivity contribution is -0.147. The second-order valence-corrected chi connectivity index (χ2v) is 6.55. The van der Waals surface area contributed by atoms with Crippen LogP contribution in [0.4, 0.5) is 0 Å². The van der Waals surface area contributed by atoms with Gasteiger partial charge in [-0.2, -0.15) is 0 Å². The molecule has 6 heteroatoms. The molecular weight excluding hydrogens is 360 g/mol. The number of thiocarbonyl (C=S) groups is 1. The molecule has 5 nitrogen and oxygen atoms in total. The van der Waals surface area contributed by atoms with Crippen LogP contribution in [0.3, 0.4) is 0 Å². The average Bonchev–Trinajstić information content (AvgIpc) is 2.67. The molecule has 1 heterocycles. The smallest absolute Gasteiger partial charge is 0.317 e. The number of nitrogens with one attached hydrogen (secondary N) is 2. The molecule has 0 saturated carbocycles. The van der Waals surface area contributed by atoms with E-state index >= 15 is 0 Å². The van der Waals surface area contributed by atoms with Crippen LogP contribution in [0.15, 0.2) is 66.9 Å². The molecule has 0 aliphatic carbocycles. The van der Waals surface area contributed by atoms with Gasteiger partial charge in [0.1, 0.15) is 18.3 Å². The van der Waals surface area contributed by atoms with Gasteiger partial charge in [-0.15, -0.1) is 0 Å². The van der Waals surface area contributed by atoms with E-state index in [4.69, 9.17) is 21.7 Å². The Hall–Kier alpha value is -2.86. The van der Waals surface area contributed by atoms with Gasteiger partial charge in [-0.3, -0.25) is 4.79 Å². The Bertz CT molecular complexity index is 838. The second kappa shape index (κ2) is 8.68. The fraction of sp³-hybridized carbons (Fsp3) is 0.238. The summed E-state index contributed by atoms with van der Waals surface area (Å²) in [5.74, 6) is -0.281. The Morgan fingerprint density at radius 2 is 1.85 bits per heavy atom. The van der Waals surface area contributed by atoms with Gasteiger partial charge >= 0.3 is 5.97 Å². The minimum absolute atomic E-state index is 0.298. The fourth-order valence-electron chi connectivity index (χ4n) is 3.06. The molecule has 0 aromatic heterocycles. The largest absolute Gasteiger partial charge is 0.489 e. The van der Waals surface area contributed by atoms with E-state index in [1.165, 1.54) is 0 Å². The summed E-state index contributed by atoms with van der Waals surface area (Å²) in [6.45, 7) is 6.47. The zero-order valence-corrected chi connectivity index (χ0v) is 15.9. The lowest BCUT2D eigenvalue weighted by atomic mass is 9.88. The van der Waals surface area contributed by atoms with Gasteiger partial charge in [0.15, 0.2) is 5.11 Å². The van der Waals surface area contributed by atoms with Crippen LogP contribution in [0.1, 0.15) is 24.1 Å². The van der Waals surface area contributed by atoms with Crippen molar-refractivity contribution in [2.24, 2.45) is 5.92 Å². The van der Waals surface area contributed by atoms with Crippen molar-refractivity contribution in [3.05, 3.63) is 78.0 Å². The van der Waals surface area contributed by atoms with Crippen LogP contribution in [0.25, 0.3) is 0 Å². The van der Waals surface area contributed by atoms with Crippen LogP contribution < -0.4 is 15.4 Å². The van der Waals surface area contributed by atoms with Crippen molar-refractivity contribution < 1.29 is 14.3 Å². The van der Waals surface area contributed by atoms with Crippen molar-refractivity contribution in [1.82, 2.24) is 10.6 Å². The summed E-state index contributed by atoms with van der Waals surface area (Å²) < 4.78 is 11.3. The molecule has 3 rings (SSSR count). The number of ether oxygens (including phenoxy) is 2. The van der Waals surface area contributed by atoms with Crippen molar-refractivity contribution in [2.45, 2.75) is 19.6 Å². The highest BCUT2D eigenvalue weighted by Crippen LogP contribution is 2.35. The first kappa shape index (κ1) is 18.9. The van der Waals surface area contributed by atoms with E-state index in [-0.39, 0.29) is 5.97 Å². The molecule has 140 valence electrons. The van der Waals surface area contributed by atoms with E-state index in [1.54, 1.807) is 6.92 Å². The maximum Gasteiger partial charge on any atom is 0.317 e. The third kappa shape index (κ3) is 4.46. The molecule has 0 radical (unpaired) electrons. The SMILES string of the molecule is C=C1NC(=S)N[C@@H](c2ccccc2OCc2ccccc2)[C@@H]1C(=O)OCC. The highest BCUT2D eigenvalue weighted by Gasteiger charge is 2.38. The standard InChI is InChI=1S/C21H22N2O3S/c1-3-25-20(24)18-14(2)22-21(27)23-19(18)16-11-7-8-12-17(16)26-13-15-9-5-4-6-10-15/h4-12,18-19H,2-3,13H2,1H3,(H2,22,23,27)/t18-,19+/m1/s1. The Kier molecular flexibility index (Phi) is 6.08. The Labute approximate surface area is 164 Å². The summed E-state index contributed by atoms with van der Waals surface area (Å²) in [5, 5.41) is 6.52. The molecule has 2 atom stereocenters. The van der Waals surface area contributed by atoms with Crippen molar-refractivity contribution in [3.8, 4) is 5.75 Å². The zero-order chi connectivity index (χ0) is 19.2. The number of carbonyl (C=O) groups excluding carboxylic acids is 1. The number of para-hydroxylation sites is 1. The summed E-state index contributed by atoms with van der Waals surface area (Å²) in [4.78, 5) is 12.5. The number of benzene rings is 2. The van der Waals surface area contributed by atoms with Crippen molar-refractivity contribution in [1.29, 1.82) is 0 Å². The Morgan fingerprint density at radius 3 is 2.59 bits per heavy atom. The molecule has 27 heavy (non-hydrogen) atoms. The summed E-state index contributed by atoms with van der Waals surface area (Å²) in [7, 11) is 0. The molecule has 0 unspecified atom stereocenters. The highest BCUT2D eigenvalue weighted by atomic mass is 32.1. The van der Waals surface area contributed by atoms with Gasteiger partial charge in [0.05, 0.1) is 12.6 Å². The van der Waals surface area contributed by atoms with Gasteiger partial charge in [0.25, 0.3) is 0 Å². The molecule has 0 spiro atoms. The minimum atomic E-state index is -0.613. The van der Waals surface area contributed by atoms with Crippen LogP contribution in [-0.4, -0.2) is 17.7 Å². The average molecular weight is 382 g/mol. The molecule has 0 bridgehead atoms. The molecule has 2 aromatic carbocycles. The topological polar surface area (TPSA) is 59.6 Å². The molecule has 0 amide bonds. The molecule has 1 fully saturated rings. The zero-order valence-electron chi connectivity index (χ0n) is 15.1. The molecule has 1 aliphatic heterocycles. The lowest BCUT2D eigenvalue weighted by Gasteiger charge is -2.35. The predicted octanol–water partition coefficient (Wildman–Crippen LogP) is 3.48. The van der Waals surface area contributed by atoms with Gasteiger partial charge in [-0.25, -0.2) is 0 Å². The van der Waals surface area contributed by atoms with E-state index in [2.05, 4.69) is 17.2 Å². The fourth-order valence-corrected chi connectivity index (χ4v) is 3.32. The normalized spacial score (nSPS) is 19.0. The Morgan fingerprint density at radius 1 is 1.15 bits per heavy atom. The van der Waals surface area contributed by atoms with E-state index in [0.29, 0.717) is 29.8 Å². The van der Waals surface area contributed by atoms with Crippen molar-refractivity contribution >= 4 is 23.3 Å². The van der Waals surface area contributed by atoms with Gasteiger partial charge in [-0.1, -0.05) is 55.1 Å². The maximum absolute atomic E-state index is 12.5. The van der Waals surface area contributed by atoms with Crippen LogP contribution in [-0.2, 0) is 16.1 Å². The van der Waals surface area contributed by atoms with Crippen molar-refractivity contribution in [3.63, 3.8) is 0 Å². The monoisotopic (exact) mass is 382 g/mol. The first-order valence-corrected chi connectivity index (χ1v) is 9.19. The van der Waals surface area contributed by atoms with Gasteiger partial charge in [0.2, 0.25) is 0 Å². The second-order valence-electron chi connectivity index (χ2n) is 6.14.